The van der Waals surface area contributed by atoms with Gasteiger partial charge < -0.3 is 36.5 Å². The summed E-state index contributed by atoms with van der Waals surface area (Å²) in [5, 5.41) is 49.8. The van der Waals surface area contributed by atoms with Crippen molar-refractivity contribution in [3.05, 3.63) is 41.5 Å². The summed E-state index contributed by atoms with van der Waals surface area (Å²) in [6.45, 7) is 14.1. The summed E-state index contributed by atoms with van der Waals surface area (Å²) < 4.78 is 2.28. The summed E-state index contributed by atoms with van der Waals surface area (Å²) in [6.07, 6.45) is 21.3. The van der Waals surface area contributed by atoms with Gasteiger partial charge in [0.1, 0.15) is 0 Å². The number of rotatable bonds is 7. The van der Waals surface area contributed by atoms with Crippen molar-refractivity contribution in [3.8, 4) is 0 Å². The Bertz CT molecular complexity index is 1890. The molecule has 6 fully saturated rings. The molecule has 1 aromatic heterocycles. The molecule has 8 rings (SSSR count). The summed E-state index contributed by atoms with van der Waals surface area (Å²) in [5.41, 5.74) is 13.6. The van der Waals surface area contributed by atoms with Crippen LogP contribution >= 0.6 is 21.6 Å². The number of nitrogens with zero attached hydrogens (tertiary/aromatic N) is 3. The van der Waals surface area contributed by atoms with Gasteiger partial charge in [-0.1, -0.05) is 100.0 Å². The van der Waals surface area contributed by atoms with Crippen LogP contribution in [0.4, 0.5) is 0 Å². The van der Waals surface area contributed by atoms with Crippen molar-refractivity contribution in [3.63, 3.8) is 0 Å². The number of carbonyl (C=O) groups is 1. The molecule has 63 heavy (non-hydrogen) atoms. The van der Waals surface area contributed by atoms with Crippen molar-refractivity contribution < 1.29 is 25.2 Å². The Morgan fingerprint density at radius 3 is 2.41 bits per heavy atom. The topological polar surface area (TPSA) is 180 Å². The second-order valence-corrected chi connectivity index (χ2v) is 25.9. The number of hydrogen-bond donors (Lipinski definition) is 6. The number of aliphatic hydroxyl groups excluding tert-OH is 3. The minimum absolute atomic E-state index is 0.0192. The van der Waals surface area contributed by atoms with Gasteiger partial charge in [-0.3, -0.25) is 9.79 Å². The number of hydrogen-bond acceptors (Lipinski definition) is 9. The molecule has 10 nitrogen and oxygen atoms in total. The Balaban J connectivity index is 1.24. The molecule has 6 aliphatic carbocycles. The number of aliphatic hydroxyl groups is 4. The lowest BCUT2D eigenvalue weighted by Gasteiger charge is -2.64. The van der Waals surface area contributed by atoms with E-state index in [0.29, 0.717) is 42.9 Å². The summed E-state index contributed by atoms with van der Waals surface area (Å²) in [5.74, 6) is 0.864. The highest BCUT2D eigenvalue weighted by atomic mass is 33.1. The molecule has 13 unspecified atom stereocenters. The minimum Gasteiger partial charge on any atom is -0.393 e. The molecule has 1 saturated heterocycles. The molecule has 2 heterocycles. The molecule has 1 aromatic rings. The molecule has 12 heteroatoms. The molecule has 1 aliphatic heterocycles. The smallest absolute Gasteiger partial charge is 0.185 e. The van der Waals surface area contributed by atoms with E-state index >= 15 is 0 Å². The van der Waals surface area contributed by atoms with Gasteiger partial charge in [0.05, 0.1) is 30.2 Å². The predicted octanol–water partition coefficient (Wildman–Crippen LogP) is 8.79. The van der Waals surface area contributed by atoms with Crippen LogP contribution in [0.5, 0.6) is 0 Å². The van der Waals surface area contributed by atoms with E-state index in [1.54, 1.807) is 11.6 Å². The molecule has 2 bridgehead atoms. The van der Waals surface area contributed by atoms with Crippen LogP contribution in [0.2, 0.25) is 0 Å². The molecule has 1 spiro atoms. The Hall–Kier alpha value is -1.83. The Kier molecular flexibility index (Phi) is 13.9. The minimum atomic E-state index is -1.34. The first-order chi connectivity index (χ1) is 29.8. The first-order valence-electron chi connectivity index (χ1n) is 24.9. The van der Waals surface area contributed by atoms with Crippen molar-refractivity contribution in [2.75, 3.05) is 18.1 Å². The molecule has 13 atom stereocenters. The second-order valence-electron chi connectivity index (χ2n) is 23.3. The van der Waals surface area contributed by atoms with Crippen molar-refractivity contribution >= 4 is 33.3 Å². The van der Waals surface area contributed by atoms with Crippen LogP contribution in [0.1, 0.15) is 157 Å². The van der Waals surface area contributed by atoms with Gasteiger partial charge in [-0.05, 0) is 141 Å². The Morgan fingerprint density at radius 2 is 1.71 bits per heavy atom. The fraction of sp³-hybridized carbons (Fsp3) is 0.824. The van der Waals surface area contributed by atoms with Gasteiger partial charge in [0.25, 0.3) is 0 Å². The van der Waals surface area contributed by atoms with Gasteiger partial charge in [0.2, 0.25) is 0 Å². The lowest BCUT2D eigenvalue weighted by atomic mass is 9.41. The van der Waals surface area contributed by atoms with Gasteiger partial charge in [-0.15, -0.1) is 0 Å². The maximum Gasteiger partial charge on any atom is 0.185 e. The number of aromatic nitrogens is 2. The van der Waals surface area contributed by atoms with Crippen molar-refractivity contribution in [1.82, 2.24) is 9.55 Å². The van der Waals surface area contributed by atoms with E-state index in [4.69, 9.17) is 16.5 Å². The third kappa shape index (κ3) is 8.68. The van der Waals surface area contributed by atoms with E-state index in [-0.39, 0.29) is 59.2 Å². The molecule has 0 aromatic carbocycles. The predicted molar refractivity (Wildman–Crippen MR) is 257 cm³/mol. The number of carbonyl (C=O) groups excluding carboxylic acids is 1. The quantitative estimate of drug-likeness (QED) is 0.0670. The largest absolute Gasteiger partial charge is 0.393 e. The number of fused-ring (bicyclic) bond motifs is 9. The summed E-state index contributed by atoms with van der Waals surface area (Å²) >= 11 is 0. The lowest BCUT2D eigenvalue weighted by Crippen LogP contribution is -2.66. The maximum absolute atomic E-state index is 14.8. The molecule has 5 saturated carbocycles. The average molecular weight is 908 g/mol. The summed E-state index contributed by atoms with van der Waals surface area (Å²) in [4.78, 5) is 24.0. The van der Waals surface area contributed by atoms with Gasteiger partial charge in [-0.25, -0.2) is 4.98 Å². The van der Waals surface area contributed by atoms with Crippen LogP contribution in [0.25, 0.3) is 0 Å². The van der Waals surface area contributed by atoms with Gasteiger partial charge >= 0.3 is 0 Å². The third-order valence-corrected chi connectivity index (χ3v) is 21.3. The monoisotopic (exact) mass is 908 g/mol. The summed E-state index contributed by atoms with van der Waals surface area (Å²) in [7, 11) is 3.73. The van der Waals surface area contributed by atoms with E-state index in [0.717, 1.165) is 56.3 Å². The zero-order valence-corrected chi connectivity index (χ0v) is 40.9. The highest BCUT2D eigenvalue weighted by Crippen LogP contribution is 2.72. The molecular formula is C51H81N5O5S2. The van der Waals surface area contributed by atoms with E-state index < -0.39 is 40.7 Å². The average Bonchev–Trinajstić information content (AvgIpc) is 3.97. The van der Waals surface area contributed by atoms with Crippen LogP contribution in [0.15, 0.2) is 46.5 Å². The Morgan fingerprint density at radius 1 is 0.984 bits per heavy atom. The fourth-order valence-corrected chi connectivity index (χ4v) is 18.5. The molecule has 8 N–H and O–H groups in total. The Labute approximate surface area is 386 Å². The van der Waals surface area contributed by atoms with Crippen LogP contribution < -0.4 is 11.5 Å². The first kappa shape index (κ1) is 47.7. The van der Waals surface area contributed by atoms with Crippen molar-refractivity contribution in [1.29, 1.82) is 0 Å². The third-order valence-electron chi connectivity index (χ3n) is 18.8. The number of aliphatic imine (C=N–C) groups is 1. The van der Waals surface area contributed by atoms with Crippen LogP contribution in [-0.2, 0) is 4.79 Å². The van der Waals surface area contributed by atoms with Gasteiger partial charge in [0.15, 0.2) is 11.7 Å². The zero-order chi connectivity index (χ0) is 45.1. The van der Waals surface area contributed by atoms with E-state index in [1.165, 1.54) is 44.1 Å². The van der Waals surface area contributed by atoms with Crippen molar-refractivity contribution in [2.24, 2.45) is 79.5 Å². The van der Waals surface area contributed by atoms with Gasteiger partial charge in [0, 0.05) is 53.7 Å². The normalized spacial score (nSPS) is 42.8. The summed E-state index contributed by atoms with van der Waals surface area (Å²) in [6, 6.07) is 0.201. The standard InChI is InChI=1S/C51H81N5O5S2/c1-31(2)11-9-16-50-26-44(60)43(59)21-39(50)42(58)22-40-45(50)34(27-55-46(52)53)23-48(6)37-19-35(51(40,48)61)28-62-63-29-36(56-18-17-54-30-56)25-47(4,5)38(20-41(57)32(37)3)33-12-10-15-49(24-33)13-7-8-14-49/h17-18,22,30-32,34-37,39,41,43-45,57,59-61H,7-16,19-21,23-29H2,1-6H3,(H4,52,53,55). The number of allylic oxidation sites excluding steroid dienone is 2. The lowest BCUT2D eigenvalue weighted by molar-refractivity contribution is -0.174. The van der Waals surface area contributed by atoms with Crippen LogP contribution in [-0.4, -0.2) is 83.7 Å². The highest BCUT2D eigenvalue weighted by molar-refractivity contribution is 8.76. The SMILES string of the molecule is CC(C)CCCC12CC(O)C(O)CC1C(=O)C=C1C2C(CN=C(N)N)CC2(C)C3CC(CSSCC(n4ccnc4)CC(C)(C)C(=C4CCCC5(CCCC5)C4)CC(O)C3C)C12O. The molecule has 0 amide bonds. The molecule has 0 radical (unpaired) electrons. The second kappa shape index (κ2) is 18.3. The highest BCUT2D eigenvalue weighted by Gasteiger charge is 2.72. The molecule has 352 valence electrons. The number of ketones is 1. The molecule has 7 aliphatic rings. The van der Waals surface area contributed by atoms with Crippen molar-refractivity contribution in [2.45, 2.75) is 181 Å². The van der Waals surface area contributed by atoms with E-state index in [2.05, 4.69) is 57.3 Å². The van der Waals surface area contributed by atoms with E-state index in [1.807, 2.05) is 34.1 Å². The number of guanidine groups is 1. The first-order valence-corrected chi connectivity index (χ1v) is 27.3. The van der Waals surface area contributed by atoms with Crippen LogP contribution in [0.3, 0.4) is 0 Å². The fourth-order valence-electron chi connectivity index (χ4n) is 15.8. The maximum atomic E-state index is 14.8. The zero-order valence-electron chi connectivity index (χ0n) is 39.3. The number of imidazole rings is 1. The number of nitrogens with two attached hydrogens (primary N) is 2. The van der Waals surface area contributed by atoms with E-state index in [9.17, 15) is 25.2 Å². The molecular weight excluding hydrogens is 827 g/mol. The van der Waals surface area contributed by atoms with Gasteiger partial charge in [-0.2, -0.15) is 0 Å². The van der Waals surface area contributed by atoms with Crippen LogP contribution in [0, 0.1) is 63.1 Å².